The van der Waals surface area contributed by atoms with Gasteiger partial charge in [0.1, 0.15) is 12.3 Å². The first-order valence-electron chi connectivity index (χ1n) is 10.3. The molecule has 0 bridgehead atoms. The van der Waals surface area contributed by atoms with E-state index in [1.165, 1.54) is 7.11 Å². The Hall–Kier alpha value is -3.32. The summed E-state index contributed by atoms with van der Waals surface area (Å²) in [5.41, 5.74) is 2.88. The van der Waals surface area contributed by atoms with E-state index in [2.05, 4.69) is 5.32 Å². The number of carbonyl (C=O) groups is 1. The molecule has 1 N–H and O–H groups in total. The van der Waals surface area contributed by atoms with E-state index in [0.717, 1.165) is 15.4 Å². The second-order valence-electron chi connectivity index (χ2n) is 7.79. The molecule has 3 aromatic rings. The molecule has 0 saturated carbocycles. The van der Waals surface area contributed by atoms with Crippen molar-refractivity contribution < 1.29 is 17.9 Å². The predicted octanol–water partition coefficient (Wildman–Crippen LogP) is 4.96. The number of rotatable bonds is 8. The van der Waals surface area contributed by atoms with Gasteiger partial charge in [-0.05, 0) is 48.7 Å². The van der Waals surface area contributed by atoms with Crippen molar-refractivity contribution in [2.75, 3.05) is 23.3 Å². The molecular formula is C25H28N2O4S. The summed E-state index contributed by atoms with van der Waals surface area (Å²) in [6.07, 6.45) is 0. The molecule has 0 saturated heterocycles. The van der Waals surface area contributed by atoms with E-state index in [9.17, 15) is 13.2 Å². The van der Waals surface area contributed by atoms with Gasteiger partial charge in [-0.15, -0.1) is 0 Å². The molecule has 0 spiro atoms. The first-order valence-corrected chi connectivity index (χ1v) is 11.8. The van der Waals surface area contributed by atoms with Gasteiger partial charge in [-0.3, -0.25) is 9.10 Å². The van der Waals surface area contributed by atoms with Crippen LogP contribution in [-0.2, 0) is 14.8 Å². The van der Waals surface area contributed by atoms with Crippen molar-refractivity contribution >= 4 is 27.3 Å². The van der Waals surface area contributed by atoms with Gasteiger partial charge in [-0.1, -0.05) is 61.9 Å². The Morgan fingerprint density at radius 3 is 2.25 bits per heavy atom. The van der Waals surface area contributed by atoms with Crippen LogP contribution in [-0.4, -0.2) is 28.0 Å². The second kappa shape index (κ2) is 9.87. The fraction of sp³-hybridized carbons (Fsp3) is 0.240. The summed E-state index contributed by atoms with van der Waals surface area (Å²) in [5, 5.41) is 2.88. The number of benzene rings is 3. The SMILES string of the molecule is COc1ccccc1N(CC(=O)Nc1ccccc1C(C)C)S(=O)(=O)c1ccc(C)cc1. The minimum Gasteiger partial charge on any atom is -0.495 e. The minimum absolute atomic E-state index is 0.101. The van der Waals surface area contributed by atoms with Crippen LogP contribution in [0.15, 0.2) is 77.7 Å². The summed E-state index contributed by atoms with van der Waals surface area (Å²) < 4.78 is 33.6. The topological polar surface area (TPSA) is 75.7 Å². The lowest BCUT2D eigenvalue weighted by Crippen LogP contribution is -2.38. The van der Waals surface area contributed by atoms with Gasteiger partial charge < -0.3 is 10.1 Å². The van der Waals surface area contributed by atoms with Crippen LogP contribution in [0.1, 0.15) is 30.9 Å². The first kappa shape index (κ1) is 23.3. The van der Waals surface area contributed by atoms with E-state index in [1.54, 1.807) is 48.5 Å². The molecule has 0 fully saturated rings. The summed E-state index contributed by atoms with van der Waals surface area (Å²) in [6, 6.07) is 20.8. The van der Waals surface area contributed by atoms with Crippen LogP contribution in [0.5, 0.6) is 5.75 Å². The maximum Gasteiger partial charge on any atom is 0.264 e. The van der Waals surface area contributed by atoms with E-state index >= 15 is 0 Å². The largest absolute Gasteiger partial charge is 0.495 e. The molecule has 0 heterocycles. The maximum atomic E-state index is 13.6. The van der Waals surface area contributed by atoms with Gasteiger partial charge >= 0.3 is 0 Å². The predicted molar refractivity (Wildman–Crippen MR) is 128 cm³/mol. The van der Waals surface area contributed by atoms with Gasteiger partial charge in [0.2, 0.25) is 5.91 Å². The van der Waals surface area contributed by atoms with Gasteiger partial charge in [0.05, 0.1) is 17.7 Å². The number of carbonyl (C=O) groups excluding carboxylic acids is 1. The lowest BCUT2D eigenvalue weighted by atomic mass is 10.0. The van der Waals surface area contributed by atoms with Crippen LogP contribution in [0.25, 0.3) is 0 Å². The number of hydrogen-bond acceptors (Lipinski definition) is 4. The van der Waals surface area contributed by atoms with Gasteiger partial charge in [0.15, 0.2) is 0 Å². The Morgan fingerprint density at radius 1 is 0.969 bits per heavy atom. The lowest BCUT2D eigenvalue weighted by molar-refractivity contribution is -0.114. The second-order valence-corrected chi connectivity index (χ2v) is 9.65. The quantitative estimate of drug-likeness (QED) is 0.524. The van der Waals surface area contributed by atoms with E-state index < -0.39 is 22.5 Å². The average molecular weight is 453 g/mol. The standard InChI is InChI=1S/C25H28N2O4S/c1-18(2)21-9-5-6-10-22(21)26-25(28)17-27(23-11-7-8-12-24(23)31-4)32(29,30)20-15-13-19(3)14-16-20/h5-16,18H,17H2,1-4H3,(H,26,28). The van der Waals surface area contributed by atoms with Crippen molar-refractivity contribution in [1.82, 2.24) is 0 Å². The number of methoxy groups -OCH3 is 1. The zero-order valence-corrected chi connectivity index (χ0v) is 19.5. The van der Waals surface area contributed by atoms with Gasteiger partial charge in [-0.25, -0.2) is 8.42 Å². The molecule has 0 atom stereocenters. The Bertz CT molecular complexity index is 1190. The third-order valence-electron chi connectivity index (χ3n) is 5.11. The first-order chi connectivity index (χ1) is 15.2. The Balaban J connectivity index is 2.00. The number of anilines is 2. The molecule has 168 valence electrons. The van der Waals surface area contributed by atoms with Crippen molar-refractivity contribution in [3.63, 3.8) is 0 Å². The molecular weight excluding hydrogens is 424 g/mol. The fourth-order valence-corrected chi connectivity index (χ4v) is 4.84. The third kappa shape index (κ3) is 5.11. The molecule has 0 radical (unpaired) electrons. The number of ether oxygens (including phenoxy) is 1. The van der Waals surface area contributed by atoms with Gasteiger partial charge in [0, 0.05) is 5.69 Å². The number of hydrogen-bond donors (Lipinski definition) is 1. The van der Waals surface area contributed by atoms with Crippen LogP contribution in [0.4, 0.5) is 11.4 Å². The highest BCUT2D eigenvalue weighted by Crippen LogP contribution is 2.32. The summed E-state index contributed by atoms with van der Waals surface area (Å²) in [7, 11) is -2.56. The van der Waals surface area contributed by atoms with E-state index in [1.807, 2.05) is 45.0 Å². The highest BCUT2D eigenvalue weighted by Gasteiger charge is 2.29. The Morgan fingerprint density at radius 2 is 1.59 bits per heavy atom. The normalized spacial score (nSPS) is 11.3. The van der Waals surface area contributed by atoms with Crippen molar-refractivity contribution in [1.29, 1.82) is 0 Å². The summed E-state index contributed by atoms with van der Waals surface area (Å²) >= 11 is 0. The van der Waals surface area contributed by atoms with E-state index in [-0.39, 0.29) is 10.8 Å². The van der Waals surface area contributed by atoms with Gasteiger partial charge in [0.25, 0.3) is 10.0 Å². The van der Waals surface area contributed by atoms with Crippen LogP contribution >= 0.6 is 0 Å². The molecule has 0 unspecified atom stereocenters. The Kier molecular flexibility index (Phi) is 7.20. The van der Waals surface area contributed by atoms with Crippen LogP contribution in [0, 0.1) is 6.92 Å². The van der Waals surface area contributed by atoms with Crippen molar-refractivity contribution in [2.24, 2.45) is 0 Å². The number of sulfonamides is 1. The summed E-state index contributed by atoms with van der Waals surface area (Å²) in [4.78, 5) is 13.1. The number of aryl methyl sites for hydroxylation is 1. The smallest absolute Gasteiger partial charge is 0.264 e. The van der Waals surface area contributed by atoms with Crippen molar-refractivity contribution in [2.45, 2.75) is 31.6 Å². The zero-order valence-electron chi connectivity index (χ0n) is 18.7. The van der Waals surface area contributed by atoms with Gasteiger partial charge in [-0.2, -0.15) is 0 Å². The number of amides is 1. The molecule has 32 heavy (non-hydrogen) atoms. The molecule has 3 aromatic carbocycles. The van der Waals surface area contributed by atoms with Crippen molar-refractivity contribution in [3.8, 4) is 5.75 Å². The molecule has 0 aliphatic heterocycles. The van der Waals surface area contributed by atoms with Crippen LogP contribution in [0.2, 0.25) is 0 Å². The monoisotopic (exact) mass is 452 g/mol. The molecule has 6 nitrogen and oxygen atoms in total. The molecule has 0 aromatic heterocycles. The average Bonchev–Trinajstić information content (AvgIpc) is 2.78. The summed E-state index contributed by atoms with van der Waals surface area (Å²) in [6.45, 7) is 5.55. The fourth-order valence-electron chi connectivity index (χ4n) is 3.41. The highest BCUT2D eigenvalue weighted by molar-refractivity contribution is 7.92. The molecule has 0 aliphatic carbocycles. The Labute approximate surface area is 189 Å². The third-order valence-corrected chi connectivity index (χ3v) is 6.88. The minimum atomic E-state index is -4.02. The number of nitrogens with one attached hydrogen (secondary N) is 1. The van der Waals surface area contributed by atoms with Crippen molar-refractivity contribution in [3.05, 3.63) is 83.9 Å². The highest BCUT2D eigenvalue weighted by atomic mass is 32.2. The van der Waals surface area contributed by atoms with Crippen LogP contribution in [0.3, 0.4) is 0 Å². The molecule has 0 aliphatic rings. The lowest BCUT2D eigenvalue weighted by Gasteiger charge is -2.26. The van der Waals surface area contributed by atoms with E-state index in [0.29, 0.717) is 17.1 Å². The summed E-state index contributed by atoms with van der Waals surface area (Å²) in [5.74, 6) is 0.117. The van der Waals surface area contributed by atoms with E-state index in [4.69, 9.17) is 4.74 Å². The molecule has 3 rings (SSSR count). The number of nitrogens with zero attached hydrogens (tertiary/aromatic N) is 1. The molecule has 7 heteroatoms. The number of para-hydroxylation sites is 3. The van der Waals surface area contributed by atoms with Crippen LogP contribution < -0.4 is 14.4 Å². The molecule has 1 amide bonds. The zero-order chi connectivity index (χ0) is 23.3. The maximum absolute atomic E-state index is 13.6.